The van der Waals surface area contributed by atoms with Gasteiger partial charge in [0.1, 0.15) is 0 Å². The molecule has 0 aromatic rings. The molecule has 3 aliphatic heterocycles. The van der Waals surface area contributed by atoms with Crippen molar-refractivity contribution < 1.29 is 4.74 Å². The number of piperidine rings is 1. The molecule has 0 aliphatic carbocycles. The maximum Gasteiger partial charge on any atom is 0.191 e. The lowest BCUT2D eigenvalue weighted by Gasteiger charge is -2.47. The van der Waals surface area contributed by atoms with Crippen molar-refractivity contribution >= 4 is 5.96 Å². The van der Waals surface area contributed by atoms with Gasteiger partial charge in [0.15, 0.2) is 5.96 Å². The third-order valence-electron chi connectivity index (χ3n) is 4.84. The Bertz CT molecular complexity index is 340. The summed E-state index contributed by atoms with van der Waals surface area (Å²) in [7, 11) is 0. The van der Waals surface area contributed by atoms with Gasteiger partial charge in [-0.25, -0.2) is 0 Å². The molecule has 0 saturated carbocycles. The predicted molar refractivity (Wildman–Crippen MR) is 71.6 cm³/mol. The molecule has 3 rings (SSSR count). The van der Waals surface area contributed by atoms with Gasteiger partial charge in [-0.1, -0.05) is 6.92 Å². The van der Waals surface area contributed by atoms with Crippen molar-refractivity contribution in [3.05, 3.63) is 0 Å². The molecule has 0 radical (unpaired) electrons. The van der Waals surface area contributed by atoms with Gasteiger partial charge in [0, 0.05) is 13.2 Å². The molecule has 3 unspecified atom stereocenters. The molecule has 102 valence electrons. The quantitative estimate of drug-likeness (QED) is 0.735. The fraction of sp³-hybridized carbons (Fsp3) is 0.923. The zero-order valence-electron chi connectivity index (χ0n) is 11.2. The Morgan fingerprint density at radius 1 is 1.61 bits per heavy atom. The minimum Gasteiger partial charge on any atom is -0.376 e. The third kappa shape index (κ3) is 1.89. The second kappa shape index (κ2) is 4.70. The Hall–Kier alpha value is -0.810. The fourth-order valence-corrected chi connectivity index (χ4v) is 3.58. The highest BCUT2D eigenvalue weighted by Crippen LogP contribution is 2.35. The molecule has 3 atom stereocenters. The van der Waals surface area contributed by atoms with E-state index in [-0.39, 0.29) is 5.54 Å². The SMILES string of the molecule is CC1CNCCC12CN=C(N)N2CC1CCCO1. The number of hydrogen-bond acceptors (Lipinski definition) is 5. The van der Waals surface area contributed by atoms with E-state index in [1.54, 1.807) is 0 Å². The summed E-state index contributed by atoms with van der Waals surface area (Å²) in [4.78, 5) is 6.87. The number of aliphatic imine (C=N–C) groups is 1. The first kappa shape index (κ1) is 12.2. The molecule has 5 nitrogen and oxygen atoms in total. The highest BCUT2D eigenvalue weighted by atomic mass is 16.5. The van der Waals surface area contributed by atoms with Crippen molar-refractivity contribution in [2.24, 2.45) is 16.6 Å². The first-order valence-electron chi connectivity index (χ1n) is 7.12. The minimum absolute atomic E-state index is 0.140. The summed E-state index contributed by atoms with van der Waals surface area (Å²) in [6, 6.07) is 0. The van der Waals surface area contributed by atoms with Gasteiger partial charge in [0.25, 0.3) is 0 Å². The van der Waals surface area contributed by atoms with Crippen LogP contribution in [0.3, 0.4) is 0 Å². The largest absolute Gasteiger partial charge is 0.376 e. The van der Waals surface area contributed by atoms with E-state index in [4.69, 9.17) is 10.5 Å². The van der Waals surface area contributed by atoms with Crippen molar-refractivity contribution in [1.29, 1.82) is 0 Å². The van der Waals surface area contributed by atoms with Crippen LogP contribution in [0.25, 0.3) is 0 Å². The lowest BCUT2D eigenvalue weighted by molar-refractivity contribution is 0.0346. The van der Waals surface area contributed by atoms with E-state index in [9.17, 15) is 0 Å². The van der Waals surface area contributed by atoms with Crippen molar-refractivity contribution in [2.45, 2.75) is 37.8 Å². The van der Waals surface area contributed by atoms with Gasteiger partial charge in [-0.05, 0) is 38.3 Å². The molecule has 0 bridgehead atoms. The molecule has 0 amide bonds. The Kier molecular flexibility index (Phi) is 3.20. The molecule has 3 N–H and O–H groups in total. The van der Waals surface area contributed by atoms with Gasteiger partial charge in [-0.15, -0.1) is 0 Å². The number of nitrogens with one attached hydrogen (secondary N) is 1. The Labute approximate surface area is 109 Å². The monoisotopic (exact) mass is 252 g/mol. The van der Waals surface area contributed by atoms with Gasteiger partial charge in [-0.2, -0.15) is 0 Å². The van der Waals surface area contributed by atoms with Gasteiger partial charge < -0.3 is 20.7 Å². The summed E-state index contributed by atoms with van der Waals surface area (Å²) >= 11 is 0. The minimum atomic E-state index is 0.140. The van der Waals surface area contributed by atoms with Crippen LogP contribution in [0.1, 0.15) is 26.2 Å². The lowest BCUT2D eigenvalue weighted by Crippen LogP contribution is -2.62. The predicted octanol–water partition coefficient (Wildman–Crippen LogP) is 0.164. The molecule has 0 aromatic heterocycles. The van der Waals surface area contributed by atoms with E-state index < -0.39 is 0 Å². The lowest BCUT2D eigenvalue weighted by atomic mass is 9.78. The first-order chi connectivity index (χ1) is 8.72. The molecular weight excluding hydrogens is 228 g/mol. The van der Waals surface area contributed by atoms with Crippen molar-refractivity contribution in [2.75, 3.05) is 32.8 Å². The average Bonchev–Trinajstić information content (AvgIpc) is 2.97. The molecule has 18 heavy (non-hydrogen) atoms. The average molecular weight is 252 g/mol. The van der Waals surface area contributed by atoms with Crippen LogP contribution in [-0.4, -0.2) is 55.3 Å². The topological polar surface area (TPSA) is 62.9 Å². The number of ether oxygens (including phenoxy) is 1. The standard InChI is InChI=1S/C13H24N4O/c1-10-7-15-5-4-13(10)9-16-12(14)17(13)8-11-3-2-6-18-11/h10-11,15H,2-9H2,1H3,(H2,14,16). The number of guanidine groups is 1. The van der Waals surface area contributed by atoms with Crippen molar-refractivity contribution in [3.63, 3.8) is 0 Å². The van der Waals surface area contributed by atoms with E-state index in [2.05, 4.69) is 22.1 Å². The first-order valence-corrected chi connectivity index (χ1v) is 7.12. The molecule has 2 fully saturated rings. The van der Waals surface area contributed by atoms with Crippen LogP contribution in [0, 0.1) is 5.92 Å². The third-order valence-corrected chi connectivity index (χ3v) is 4.84. The summed E-state index contributed by atoms with van der Waals surface area (Å²) in [6.07, 6.45) is 3.81. The molecular formula is C13H24N4O. The Morgan fingerprint density at radius 2 is 2.50 bits per heavy atom. The molecule has 2 saturated heterocycles. The highest BCUT2D eigenvalue weighted by Gasteiger charge is 2.48. The normalized spacial score (nSPS) is 40.5. The molecule has 1 spiro atoms. The highest BCUT2D eigenvalue weighted by molar-refractivity contribution is 5.81. The van der Waals surface area contributed by atoms with E-state index in [0.717, 1.165) is 51.6 Å². The summed E-state index contributed by atoms with van der Waals surface area (Å²) < 4.78 is 5.76. The van der Waals surface area contributed by atoms with Crippen LogP contribution in [0.15, 0.2) is 4.99 Å². The van der Waals surface area contributed by atoms with Gasteiger partial charge in [-0.3, -0.25) is 4.99 Å². The van der Waals surface area contributed by atoms with Crippen LogP contribution >= 0.6 is 0 Å². The Balaban J connectivity index is 1.76. The maximum absolute atomic E-state index is 6.12. The van der Waals surface area contributed by atoms with Crippen LogP contribution in [0.2, 0.25) is 0 Å². The van der Waals surface area contributed by atoms with E-state index in [1.807, 2.05) is 0 Å². The molecule has 5 heteroatoms. The van der Waals surface area contributed by atoms with Crippen LogP contribution in [0.4, 0.5) is 0 Å². The zero-order chi connectivity index (χ0) is 12.6. The van der Waals surface area contributed by atoms with Crippen molar-refractivity contribution in [1.82, 2.24) is 10.2 Å². The van der Waals surface area contributed by atoms with Crippen LogP contribution < -0.4 is 11.1 Å². The summed E-state index contributed by atoms with van der Waals surface area (Å²) in [6.45, 7) is 7.11. The number of nitrogens with two attached hydrogens (primary N) is 1. The number of nitrogens with zero attached hydrogens (tertiary/aromatic N) is 2. The summed E-state index contributed by atoms with van der Waals surface area (Å²) in [5.74, 6) is 1.30. The zero-order valence-corrected chi connectivity index (χ0v) is 11.2. The second-order valence-corrected chi connectivity index (χ2v) is 5.88. The second-order valence-electron chi connectivity index (χ2n) is 5.88. The van der Waals surface area contributed by atoms with Crippen molar-refractivity contribution in [3.8, 4) is 0 Å². The maximum atomic E-state index is 6.12. The summed E-state index contributed by atoms with van der Waals surface area (Å²) in [5.41, 5.74) is 6.26. The van der Waals surface area contributed by atoms with Crippen LogP contribution in [-0.2, 0) is 4.74 Å². The Morgan fingerprint density at radius 3 is 3.22 bits per heavy atom. The summed E-state index contributed by atoms with van der Waals surface area (Å²) in [5, 5.41) is 3.47. The van der Waals surface area contributed by atoms with E-state index in [0.29, 0.717) is 12.0 Å². The van der Waals surface area contributed by atoms with Gasteiger partial charge in [0.2, 0.25) is 0 Å². The molecule has 3 heterocycles. The van der Waals surface area contributed by atoms with Gasteiger partial charge >= 0.3 is 0 Å². The van der Waals surface area contributed by atoms with E-state index >= 15 is 0 Å². The van der Waals surface area contributed by atoms with Crippen LogP contribution in [0.5, 0.6) is 0 Å². The molecule has 3 aliphatic rings. The smallest absolute Gasteiger partial charge is 0.191 e. The fourth-order valence-electron chi connectivity index (χ4n) is 3.58. The number of hydrogen-bond donors (Lipinski definition) is 2. The van der Waals surface area contributed by atoms with Gasteiger partial charge in [0.05, 0.1) is 18.2 Å². The van der Waals surface area contributed by atoms with E-state index in [1.165, 1.54) is 6.42 Å². The number of rotatable bonds is 2. The molecule has 0 aromatic carbocycles.